The van der Waals surface area contributed by atoms with E-state index in [9.17, 15) is 8.78 Å². The van der Waals surface area contributed by atoms with Crippen LogP contribution in [0.25, 0.3) is 0 Å². The van der Waals surface area contributed by atoms with E-state index in [2.05, 4.69) is 10.4 Å². The highest BCUT2D eigenvalue weighted by Crippen LogP contribution is 2.35. The fourth-order valence-corrected chi connectivity index (χ4v) is 2.07. The standard InChI is InChI=1S/C11H17F2N3O/c1-8-5-16(3)15-9(8)4-14-10(2)6-11(12,13)7-17-10/h5,14H,4,6-7H2,1-3H3/t10-/m0/s1. The van der Waals surface area contributed by atoms with Crippen LogP contribution in [0.5, 0.6) is 0 Å². The summed E-state index contributed by atoms with van der Waals surface area (Å²) in [6, 6.07) is 0. The molecule has 1 aromatic heterocycles. The van der Waals surface area contributed by atoms with E-state index in [0.29, 0.717) is 6.54 Å². The van der Waals surface area contributed by atoms with Crippen molar-refractivity contribution in [1.82, 2.24) is 15.1 Å². The SMILES string of the molecule is Cc1cn(C)nc1CN[C@]1(C)CC(F)(F)CO1. The van der Waals surface area contributed by atoms with Crippen LogP contribution in [0.4, 0.5) is 8.78 Å². The predicted molar refractivity (Wildman–Crippen MR) is 58.7 cm³/mol. The van der Waals surface area contributed by atoms with E-state index in [1.165, 1.54) is 0 Å². The molecule has 6 heteroatoms. The van der Waals surface area contributed by atoms with Crippen LogP contribution >= 0.6 is 0 Å². The molecule has 0 aliphatic carbocycles. The second kappa shape index (κ2) is 4.03. The number of nitrogens with one attached hydrogen (secondary N) is 1. The molecule has 1 saturated heterocycles. The Bertz CT molecular complexity index is 419. The van der Waals surface area contributed by atoms with E-state index in [-0.39, 0.29) is 6.42 Å². The van der Waals surface area contributed by atoms with Gasteiger partial charge in [-0.05, 0) is 19.4 Å². The molecule has 0 radical (unpaired) electrons. The lowest BCUT2D eigenvalue weighted by atomic mass is 10.1. The molecule has 2 heterocycles. The van der Waals surface area contributed by atoms with Crippen molar-refractivity contribution in [1.29, 1.82) is 0 Å². The summed E-state index contributed by atoms with van der Waals surface area (Å²) >= 11 is 0. The van der Waals surface area contributed by atoms with Crippen molar-refractivity contribution in [3.8, 4) is 0 Å². The van der Waals surface area contributed by atoms with Crippen molar-refractivity contribution in [3.05, 3.63) is 17.5 Å². The van der Waals surface area contributed by atoms with Gasteiger partial charge >= 0.3 is 0 Å². The Labute approximate surface area is 98.9 Å². The first-order valence-electron chi connectivity index (χ1n) is 5.56. The Morgan fingerprint density at radius 3 is 2.76 bits per heavy atom. The minimum absolute atomic E-state index is 0.300. The van der Waals surface area contributed by atoms with Crippen LogP contribution in [0.3, 0.4) is 0 Å². The summed E-state index contributed by atoms with van der Waals surface area (Å²) in [4.78, 5) is 0. The van der Waals surface area contributed by atoms with E-state index in [0.717, 1.165) is 11.3 Å². The quantitative estimate of drug-likeness (QED) is 0.879. The van der Waals surface area contributed by atoms with Crippen molar-refractivity contribution in [3.63, 3.8) is 0 Å². The summed E-state index contributed by atoms with van der Waals surface area (Å²) in [7, 11) is 1.83. The molecule has 1 atom stereocenters. The van der Waals surface area contributed by atoms with Crippen molar-refractivity contribution in [2.75, 3.05) is 6.61 Å². The first-order chi connectivity index (χ1) is 7.80. The van der Waals surface area contributed by atoms with E-state index in [1.807, 2.05) is 20.2 Å². The Hall–Kier alpha value is -1.01. The Morgan fingerprint density at radius 1 is 1.59 bits per heavy atom. The first kappa shape index (κ1) is 12.4. The Morgan fingerprint density at radius 2 is 2.29 bits per heavy atom. The third kappa shape index (κ3) is 2.81. The molecular weight excluding hydrogens is 228 g/mol. The number of ether oxygens (including phenoxy) is 1. The van der Waals surface area contributed by atoms with Gasteiger partial charge in [-0.25, -0.2) is 8.78 Å². The largest absolute Gasteiger partial charge is 0.354 e. The lowest BCUT2D eigenvalue weighted by Gasteiger charge is -2.24. The van der Waals surface area contributed by atoms with Gasteiger partial charge in [0.1, 0.15) is 12.3 Å². The number of alkyl halides is 2. The van der Waals surface area contributed by atoms with Crippen LogP contribution < -0.4 is 5.32 Å². The number of aryl methyl sites for hydroxylation is 2. The molecule has 1 aliphatic rings. The van der Waals surface area contributed by atoms with Crippen LogP contribution in [-0.2, 0) is 18.3 Å². The maximum atomic E-state index is 13.1. The topological polar surface area (TPSA) is 39.1 Å². The molecule has 2 rings (SSSR count). The highest BCUT2D eigenvalue weighted by Gasteiger charge is 2.47. The molecule has 1 aliphatic heterocycles. The van der Waals surface area contributed by atoms with Crippen molar-refractivity contribution >= 4 is 0 Å². The second-order valence-corrected chi connectivity index (χ2v) is 4.84. The number of hydrogen-bond acceptors (Lipinski definition) is 3. The molecule has 1 aromatic rings. The van der Waals surface area contributed by atoms with E-state index >= 15 is 0 Å². The van der Waals surface area contributed by atoms with Crippen LogP contribution in [0.1, 0.15) is 24.6 Å². The molecule has 1 N–H and O–H groups in total. The smallest absolute Gasteiger partial charge is 0.275 e. The van der Waals surface area contributed by atoms with Gasteiger partial charge in [-0.15, -0.1) is 0 Å². The number of nitrogens with zero attached hydrogens (tertiary/aromatic N) is 2. The fraction of sp³-hybridized carbons (Fsp3) is 0.727. The summed E-state index contributed by atoms with van der Waals surface area (Å²) < 4.78 is 33.0. The van der Waals surface area contributed by atoms with Gasteiger partial charge < -0.3 is 4.74 Å². The van der Waals surface area contributed by atoms with E-state index < -0.39 is 18.3 Å². The van der Waals surface area contributed by atoms with Crippen LogP contribution in [-0.4, -0.2) is 28.0 Å². The van der Waals surface area contributed by atoms with Gasteiger partial charge in [0, 0.05) is 19.8 Å². The summed E-state index contributed by atoms with van der Waals surface area (Å²) in [6.45, 7) is 3.50. The van der Waals surface area contributed by atoms with E-state index in [4.69, 9.17) is 4.74 Å². The molecule has 0 amide bonds. The van der Waals surface area contributed by atoms with E-state index in [1.54, 1.807) is 11.6 Å². The zero-order valence-corrected chi connectivity index (χ0v) is 10.3. The predicted octanol–water partition coefficient (Wildman–Crippen LogP) is 1.59. The molecule has 0 spiro atoms. The minimum Gasteiger partial charge on any atom is -0.354 e. The van der Waals surface area contributed by atoms with Crippen LogP contribution in [0.15, 0.2) is 6.20 Å². The highest BCUT2D eigenvalue weighted by atomic mass is 19.3. The molecule has 17 heavy (non-hydrogen) atoms. The molecule has 0 aromatic carbocycles. The fourth-order valence-electron chi connectivity index (χ4n) is 2.07. The number of aromatic nitrogens is 2. The van der Waals surface area contributed by atoms with Gasteiger partial charge in [0.05, 0.1) is 12.1 Å². The minimum atomic E-state index is -2.74. The maximum absolute atomic E-state index is 13.1. The average molecular weight is 245 g/mol. The third-order valence-electron chi connectivity index (χ3n) is 2.94. The molecule has 0 saturated carbocycles. The van der Waals surface area contributed by atoms with Crippen molar-refractivity contribution in [2.24, 2.45) is 7.05 Å². The zero-order chi connectivity index (χ0) is 12.7. The van der Waals surface area contributed by atoms with Crippen LogP contribution in [0.2, 0.25) is 0 Å². The third-order valence-corrected chi connectivity index (χ3v) is 2.94. The Kier molecular flexibility index (Phi) is 2.95. The lowest BCUT2D eigenvalue weighted by Crippen LogP contribution is -2.42. The van der Waals surface area contributed by atoms with Gasteiger partial charge in [0.25, 0.3) is 5.92 Å². The Balaban J connectivity index is 1.97. The molecule has 0 bridgehead atoms. The average Bonchev–Trinajstić information content (AvgIpc) is 2.65. The summed E-state index contributed by atoms with van der Waals surface area (Å²) in [6.07, 6.45) is 1.59. The monoisotopic (exact) mass is 245 g/mol. The summed E-state index contributed by atoms with van der Waals surface area (Å²) in [5, 5.41) is 7.26. The van der Waals surface area contributed by atoms with Gasteiger partial charge in [0.15, 0.2) is 0 Å². The lowest BCUT2D eigenvalue weighted by molar-refractivity contribution is -0.0302. The molecule has 4 nitrogen and oxygen atoms in total. The first-order valence-corrected chi connectivity index (χ1v) is 5.56. The molecule has 1 fully saturated rings. The highest BCUT2D eigenvalue weighted by molar-refractivity contribution is 5.14. The van der Waals surface area contributed by atoms with Crippen molar-refractivity contribution in [2.45, 2.75) is 38.5 Å². The van der Waals surface area contributed by atoms with Gasteiger partial charge in [0.2, 0.25) is 0 Å². The van der Waals surface area contributed by atoms with Gasteiger partial charge in [-0.2, -0.15) is 5.10 Å². The van der Waals surface area contributed by atoms with Crippen molar-refractivity contribution < 1.29 is 13.5 Å². The van der Waals surface area contributed by atoms with Crippen LogP contribution in [0, 0.1) is 6.92 Å². The van der Waals surface area contributed by atoms with Gasteiger partial charge in [-0.3, -0.25) is 10.00 Å². The number of halogens is 2. The molecule has 0 unspecified atom stereocenters. The maximum Gasteiger partial charge on any atom is 0.275 e. The number of hydrogen-bond donors (Lipinski definition) is 1. The second-order valence-electron chi connectivity index (χ2n) is 4.84. The summed E-state index contributed by atoms with van der Waals surface area (Å²) in [5.74, 6) is -2.74. The zero-order valence-electron chi connectivity index (χ0n) is 10.3. The van der Waals surface area contributed by atoms with Gasteiger partial charge in [-0.1, -0.05) is 0 Å². The summed E-state index contributed by atoms with van der Waals surface area (Å²) in [5.41, 5.74) is 0.925. The molecule has 96 valence electrons. The number of rotatable bonds is 3. The normalized spacial score (nSPS) is 27.6. The molecular formula is C11H17F2N3O.